The molecule has 0 saturated heterocycles. The van der Waals surface area contributed by atoms with Gasteiger partial charge in [0.2, 0.25) is 0 Å². The molecule has 78 valence electrons. The lowest BCUT2D eigenvalue weighted by atomic mass is 10.1. The molecule has 4 heteroatoms. The third kappa shape index (κ3) is 3.11. The first-order valence-electron chi connectivity index (χ1n) is 4.40. The van der Waals surface area contributed by atoms with Gasteiger partial charge in [0.25, 0.3) is 0 Å². The molecule has 0 unspecified atom stereocenters. The second-order valence-corrected chi connectivity index (χ2v) is 2.89. The Morgan fingerprint density at radius 2 is 2.27 bits per heavy atom. The van der Waals surface area contributed by atoms with Crippen molar-refractivity contribution < 1.29 is 9.53 Å². The normalized spacial score (nSPS) is 10.5. The van der Waals surface area contributed by atoms with E-state index in [1.165, 1.54) is 0 Å². The maximum Gasteiger partial charge on any atom is 0.152 e. The molecule has 4 nitrogen and oxygen atoms in total. The number of hydrogen-bond acceptors (Lipinski definition) is 4. The zero-order valence-corrected chi connectivity index (χ0v) is 8.34. The highest BCUT2D eigenvalue weighted by Crippen LogP contribution is 2.19. The molecule has 1 rings (SSSR count). The number of aldehydes is 1. The summed E-state index contributed by atoms with van der Waals surface area (Å²) in [5.74, 6) is 0. The number of ether oxygens (including phenoxy) is 1. The van der Waals surface area contributed by atoms with Crippen molar-refractivity contribution >= 4 is 18.0 Å². The van der Waals surface area contributed by atoms with Gasteiger partial charge in [0.15, 0.2) is 6.29 Å². The summed E-state index contributed by atoms with van der Waals surface area (Å²) < 4.78 is 4.84. The van der Waals surface area contributed by atoms with Crippen LogP contribution in [0.1, 0.15) is 15.9 Å². The largest absolute Gasteiger partial charge is 0.381 e. The molecule has 15 heavy (non-hydrogen) atoms. The number of methoxy groups -OCH3 is 1. The molecule has 1 aromatic carbocycles. The Morgan fingerprint density at radius 1 is 1.47 bits per heavy atom. The third-order valence-electron chi connectivity index (χ3n) is 1.85. The van der Waals surface area contributed by atoms with Gasteiger partial charge in [0.1, 0.15) is 5.69 Å². The van der Waals surface area contributed by atoms with Gasteiger partial charge in [-0.05, 0) is 22.9 Å². The van der Waals surface area contributed by atoms with E-state index < -0.39 is 0 Å². The first kappa shape index (κ1) is 11.3. The average Bonchev–Trinajstić information content (AvgIpc) is 2.29. The van der Waals surface area contributed by atoms with Crippen LogP contribution in [0.2, 0.25) is 0 Å². The minimum Gasteiger partial charge on any atom is -0.381 e. The molecule has 0 saturated carbocycles. The number of carbonyl (C=O) groups is 1. The maximum atomic E-state index is 10.5. The van der Waals surface area contributed by atoms with Crippen LogP contribution in [0.4, 0.5) is 5.69 Å². The molecule has 0 radical (unpaired) electrons. The molecule has 0 aliphatic heterocycles. The van der Waals surface area contributed by atoms with E-state index in [1.54, 1.807) is 31.4 Å². The monoisotopic (exact) mass is 205 g/mol. The SMILES string of the molecule is COC/C=C/c1ccc(C=O)c(N=O)c1. The van der Waals surface area contributed by atoms with Crippen LogP contribution in [0.3, 0.4) is 0 Å². The minimum absolute atomic E-state index is 0.157. The van der Waals surface area contributed by atoms with E-state index in [-0.39, 0.29) is 5.69 Å². The van der Waals surface area contributed by atoms with Crippen LogP contribution in [-0.4, -0.2) is 20.0 Å². The fourth-order valence-corrected chi connectivity index (χ4v) is 1.12. The van der Waals surface area contributed by atoms with Crippen molar-refractivity contribution in [1.82, 2.24) is 0 Å². The fourth-order valence-electron chi connectivity index (χ4n) is 1.12. The van der Waals surface area contributed by atoms with Crippen LogP contribution < -0.4 is 0 Å². The van der Waals surface area contributed by atoms with Gasteiger partial charge in [0, 0.05) is 12.7 Å². The van der Waals surface area contributed by atoms with E-state index in [9.17, 15) is 9.70 Å². The highest BCUT2D eigenvalue weighted by molar-refractivity contribution is 5.83. The zero-order valence-electron chi connectivity index (χ0n) is 8.34. The fraction of sp³-hybridized carbons (Fsp3) is 0.182. The number of nitroso groups, excluding NO2 is 1. The van der Waals surface area contributed by atoms with Gasteiger partial charge >= 0.3 is 0 Å². The van der Waals surface area contributed by atoms with Crippen LogP contribution in [0.5, 0.6) is 0 Å². The standard InChI is InChI=1S/C11H11NO3/c1-15-6-2-3-9-4-5-10(8-13)11(7-9)12-14/h2-5,7-8H,6H2,1H3/b3-2+. The predicted octanol–water partition coefficient (Wildman–Crippen LogP) is 2.56. The molecule has 1 aromatic rings. The van der Waals surface area contributed by atoms with E-state index in [4.69, 9.17) is 4.74 Å². The lowest BCUT2D eigenvalue weighted by Crippen LogP contribution is -1.83. The van der Waals surface area contributed by atoms with Crippen LogP contribution in [0.25, 0.3) is 6.08 Å². The quantitative estimate of drug-likeness (QED) is 0.548. The molecule has 0 N–H and O–H groups in total. The summed E-state index contributed by atoms with van der Waals surface area (Å²) in [7, 11) is 1.60. The summed E-state index contributed by atoms with van der Waals surface area (Å²) in [6.07, 6.45) is 4.22. The highest BCUT2D eigenvalue weighted by atomic mass is 16.5. The molecule has 0 bridgehead atoms. The number of carbonyl (C=O) groups excluding carboxylic acids is 1. The van der Waals surface area contributed by atoms with Crippen molar-refractivity contribution in [3.8, 4) is 0 Å². The summed E-state index contributed by atoms with van der Waals surface area (Å²) in [6, 6.07) is 4.86. The number of benzene rings is 1. The maximum absolute atomic E-state index is 10.5. The van der Waals surface area contributed by atoms with Crippen LogP contribution in [0.15, 0.2) is 29.5 Å². The Balaban J connectivity index is 2.92. The van der Waals surface area contributed by atoms with Crippen molar-refractivity contribution in [3.05, 3.63) is 40.3 Å². The van der Waals surface area contributed by atoms with Crippen molar-refractivity contribution in [2.75, 3.05) is 13.7 Å². The van der Waals surface area contributed by atoms with E-state index >= 15 is 0 Å². The average molecular weight is 205 g/mol. The predicted molar refractivity (Wildman–Crippen MR) is 58.2 cm³/mol. The topological polar surface area (TPSA) is 55.7 Å². The van der Waals surface area contributed by atoms with Crippen molar-refractivity contribution in [3.63, 3.8) is 0 Å². The zero-order chi connectivity index (χ0) is 11.1. The second-order valence-electron chi connectivity index (χ2n) is 2.89. The summed E-state index contributed by atoms with van der Waals surface area (Å²) in [4.78, 5) is 20.9. The molecular weight excluding hydrogens is 194 g/mol. The van der Waals surface area contributed by atoms with Gasteiger partial charge in [-0.1, -0.05) is 18.2 Å². The second kappa shape index (κ2) is 5.82. The molecule has 0 aliphatic rings. The van der Waals surface area contributed by atoms with Crippen molar-refractivity contribution in [2.24, 2.45) is 5.18 Å². The lowest BCUT2D eigenvalue weighted by molar-refractivity contribution is 0.112. The first-order valence-corrected chi connectivity index (χ1v) is 4.40. The molecule has 0 aliphatic carbocycles. The van der Waals surface area contributed by atoms with E-state index in [0.29, 0.717) is 18.5 Å². The number of rotatable bonds is 5. The molecule has 0 aromatic heterocycles. The number of nitrogens with zero attached hydrogens (tertiary/aromatic N) is 1. The molecule has 0 heterocycles. The van der Waals surface area contributed by atoms with E-state index in [2.05, 4.69) is 5.18 Å². The van der Waals surface area contributed by atoms with E-state index in [1.807, 2.05) is 6.08 Å². The molecule has 0 fully saturated rings. The van der Waals surface area contributed by atoms with Gasteiger partial charge in [-0.3, -0.25) is 4.79 Å². The Hall–Kier alpha value is -1.81. The van der Waals surface area contributed by atoms with Gasteiger partial charge in [-0.2, -0.15) is 0 Å². The molecular formula is C11H11NO3. The van der Waals surface area contributed by atoms with Gasteiger partial charge in [-0.15, -0.1) is 4.91 Å². The summed E-state index contributed by atoms with van der Waals surface area (Å²) in [5, 5.41) is 2.78. The van der Waals surface area contributed by atoms with Gasteiger partial charge < -0.3 is 4.74 Å². The molecule has 0 atom stereocenters. The smallest absolute Gasteiger partial charge is 0.152 e. The Morgan fingerprint density at radius 3 is 2.87 bits per heavy atom. The van der Waals surface area contributed by atoms with Crippen molar-refractivity contribution in [1.29, 1.82) is 0 Å². The molecule has 0 amide bonds. The summed E-state index contributed by atoms with van der Waals surface area (Å²) >= 11 is 0. The number of hydrogen-bond donors (Lipinski definition) is 0. The Bertz CT molecular complexity index is 385. The summed E-state index contributed by atoms with van der Waals surface area (Å²) in [6.45, 7) is 0.499. The van der Waals surface area contributed by atoms with Crippen LogP contribution >= 0.6 is 0 Å². The minimum atomic E-state index is 0.157. The Kier molecular flexibility index (Phi) is 4.37. The van der Waals surface area contributed by atoms with Gasteiger partial charge in [-0.25, -0.2) is 0 Å². The first-order chi connectivity index (χ1) is 7.31. The molecule has 0 spiro atoms. The van der Waals surface area contributed by atoms with E-state index in [0.717, 1.165) is 5.56 Å². The van der Waals surface area contributed by atoms with Crippen LogP contribution in [-0.2, 0) is 4.74 Å². The van der Waals surface area contributed by atoms with Crippen LogP contribution in [0, 0.1) is 4.91 Å². The van der Waals surface area contributed by atoms with Crippen molar-refractivity contribution in [2.45, 2.75) is 0 Å². The lowest BCUT2D eigenvalue weighted by Gasteiger charge is -1.97. The van der Waals surface area contributed by atoms with Gasteiger partial charge in [0.05, 0.1) is 6.61 Å². The Labute approximate surface area is 87.5 Å². The summed E-state index contributed by atoms with van der Waals surface area (Å²) in [5.41, 5.74) is 1.27. The third-order valence-corrected chi connectivity index (χ3v) is 1.85. The highest BCUT2D eigenvalue weighted by Gasteiger charge is 2.01.